The Morgan fingerprint density at radius 3 is 2.36 bits per heavy atom. The lowest BCUT2D eigenvalue weighted by atomic mass is 9.99. The second-order valence-corrected chi connectivity index (χ2v) is 10.3. The summed E-state index contributed by atoms with van der Waals surface area (Å²) in [5.74, 6) is -0.910. The van der Waals surface area contributed by atoms with Crippen LogP contribution in [0, 0.1) is 6.92 Å². The molecular weight excluding hydrogens is 478 g/mol. The monoisotopic (exact) mass is 513 g/mol. The number of hydrogen-bond acceptors (Lipinski definition) is 6. The fraction of sp³-hybridized carbons (Fsp3) is 0.444. The average Bonchev–Trinajstić information content (AvgIpc) is 3.66. The quantitative estimate of drug-likeness (QED) is 0.381. The van der Waals surface area contributed by atoms with Crippen LogP contribution in [0.3, 0.4) is 0 Å². The molecule has 0 saturated heterocycles. The fourth-order valence-electron chi connectivity index (χ4n) is 3.89. The Kier molecular flexibility index (Phi) is 8.89. The maximum absolute atomic E-state index is 13.8. The second kappa shape index (κ2) is 11.7. The molecule has 2 aromatic carbocycles. The molecule has 2 unspecified atom stereocenters. The van der Waals surface area contributed by atoms with Crippen LogP contribution in [0.4, 0.5) is 4.79 Å². The van der Waals surface area contributed by atoms with Gasteiger partial charge in [0.25, 0.3) is 0 Å². The zero-order valence-electron chi connectivity index (χ0n) is 21.2. The van der Waals surface area contributed by atoms with E-state index in [0.717, 1.165) is 5.56 Å². The Labute approximate surface area is 217 Å². The summed E-state index contributed by atoms with van der Waals surface area (Å²) in [4.78, 5) is 41.3. The fourth-order valence-corrected chi connectivity index (χ4v) is 4.13. The van der Waals surface area contributed by atoms with E-state index in [2.05, 4.69) is 23.3 Å². The number of ether oxygens (including phenoxy) is 1. The van der Waals surface area contributed by atoms with Crippen molar-refractivity contribution in [3.05, 3.63) is 65.2 Å². The van der Waals surface area contributed by atoms with Crippen molar-refractivity contribution in [3.63, 3.8) is 0 Å². The van der Waals surface area contributed by atoms with Gasteiger partial charge in [-0.1, -0.05) is 48.5 Å². The van der Waals surface area contributed by atoms with Gasteiger partial charge in [0.05, 0.1) is 0 Å². The van der Waals surface area contributed by atoms with Crippen LogP contribution in [0.1, 0.15) is 56.3 Å². The normalized spacial score (nSPS) is 14.9. The standard InChI is InChI=1S/C27H35N3O5S/c1-17-9-8-12-20(23(17)31)22(24(32)28-15-18-10-6-5-7-11-18)30(19-13-14-19)25(33)21(16-36)29-26(34)35-27(2,3)4/h5-12,19,21-22,31,36H,13-16H2,1-4H3,(H,28,32)(H,29,34). The van der Waals surface area contributed by atoms with Crippen LogP contribution in [0.2, 0.25) is 0 Å². The molecule has 1 aliphatic carbocycles. The minimum Gasteiger partial charge on any atom is -0.507 e. The van der Waals surface area contributed by atoms with Crippen LogP contribution >= 0.6 is 12.6 Å². The zero-order chi connectivity index (χ0) is 26.5. The van der Waals surface area contributed by atoms with Crippen LogP contribution in [0.25, 0.3) is 0 Å². The average molecular weight is 514 g/mol. The number of phenolic OH excluding ortho intramolecular Hbond substituents is 1. The Balaban J connectivity index is 1.93. The molecule has 0 aliphatic heterocycles. The van der Waals surface area contributed by atoms with Crippen molar-refractivity contribution in [2.24, 2.45) is 0 Å². The number of aryl methyl sites for hydroxylation is 1. The van der Waals surface area contributed by atoms with E-state index in [1.165, 1.54) is 4.90 Å². The third-order valence-electron chi connectivity index (χ3n) is 5.77. The van der Waals surface area contributed by atoms with E-state index in [1.807, 2.05) is 30.3 Å². The van der Waals surface area contributed by atoms with Crippen LogP contribution in [0.5, 0.6) is 5.75 Å². The van der Waals surface area contributed by atoms with E-state index in [0.29, 0.717) is 24.0 Å². The molecule has 2 aromatic rings. The van der Waals surface area contributed by atoms with Crippen molar-refractivity contribution in [3.8, 4) is 5.75 Å². The molecule has 36 heavy (non-hydrogen) atoms. The molecule has 0 radical (unpaired) electrons. The summed E-state index contributed by atoms with van der Waals surface area (Å²) < 4.78 is 5.32. The molecule has 0 spiro atoms. The number of aromatic hydroxyl groups is 1. The van der Waals surface area contributed by atoms with Gasteiger partial charge >= 0.3 is 6.09 Å². The lowest BCUT2D eigenvalue weighted by Gasteiger charge is -2.34. The number of nitrogens with zero attached hydrogens (tertiary/aromatic N) is 1. The molecule has 0 bridgehead atoms. The number of amides is 3. The van der Waals surface area contributed by atoms with Crippen LogP contribution in [-0.2, 0) is 20.9 Å². The molecule has 1 fully saturated rings. The van der Waals surface area contributed by atoms with E-state index in [4.69, 9.17) is 4.74 Å². The number of carbonyl (C=O) groups excluding carboxylic acids is 3. The number of thiol groups is 1. The summed E-state index contributed by atoms with van der Waals surface area (Å²) in [7, 11) is 0. The van der Waals surface area contributed by atoms with E-state index >= 15 is 0 Å². The van der Waals surface area contributed by atoms with E-state index in [-0.39, 0.29) is 24.1 Å². The van der Waals surface area contributed by atoms with Gasteiger partial charge < -0.3 is 25.4 Å². The molecule has 3 amide bonds. The number of hydrogen-bond donors (Lipinski definition) is 4. The van der Waals surface area contributed by atoms with E-state index < -0.39 is 35.6 Å². The maximum Gasteiger partial charge on any atom is 0.408 e. The molecule has 194 valence electrons. The molecule has 3 rings (SSSR count). The highest BCUT2D eigenvalue weighted by Crippen LogP contribution is 2.39. The Hall–Kier alpha value is -3.20. The predicted molar refractivity (Wildman–Crippen MR) is 141 cm³/mol. The van der Waals surface area contributed by atoms with Crippen LogP contribution in [-0.4, -0.2) is 51.4 Å². The number of benzene rings is 2. The van der Waals surface area contributed by atoms with Crippen molar-refractivity contribution >= 4 is 30.5 Å². The number of phenols is 1. The summed E-state index contributed by atoms with van der Waals surface area (Å²) in [5.41, 5.74) is 1.09. The first kappa shape index (κ1) is 27.4. The Morgan fingerprint density at radius 2 is 1.78 bits per heavy atom. The van der Waals surface area contributed by atoms with Gasteiger partial charge in [-0.15, -0.1) is 0 Å². The molecule has 8 nitrogen and oxygen atoms in total. The van der Waals surface area contributed by atoms with Gasteiger partial charge in [-0.25, -0.2) is 4.79 Å². The molecule has 1 aliphatic rings. The first-order chi connectivity index (χ1) is 17.0. The van der Waals surface area contributed by atoms with Crippen molar-refractivity contribution in [2.75, 3.05) is 5.75 Å². The highest BCUT2D eigenvalue weighted by Gasteiger charge is 2.44. The summed E-state index contributed by atoms with van der Waals surface area (Å²) in [5, 5.41) is 16.4. The van der Waals surface area contributed by atoms with Gasteiger partial charge in [-0.2, -0.15) is 12.6 Å². The van der Waals surface area contributed by atoms with Crippen molar-refractivity contribution < 1.29 is 24.2 Å². The van der Waals surface area contributed by atoms with E-state index in [9.17, 15) is 19.5 Å². The van der Waals surface area contributed by atoms with Gasteiger partial charge in [-0.05, 0) is 51.7 Å². The highest BCUT2D eigenvalue weighted by atomic mass is 32.1. The molecular formula is C27H35N3O5S. The van der Waals surface area contributed by atoms with Gasteiger partial charge in [0.15, 0.2) is 0 Å². The topological polar surface area (TPSA) is 108 Å². The predicted octanol–water partition coefficient (Wildman–Crippen LogP) is 3.87. The molecule has 9 heteroatoms. The number of para-hydroxylation sites is 1. The van der Waals surface area contributed by atoms with Crippen molar-refractivity contribution in [2.45, 2.75) is 70.8 Å². The second-order valence-electron chi connectivity index (χ2n) is 9.98. The van der Waals surface area contributed by atoms with Crippen LogP contribution < -0.4 is 10.6 Å². The number of alkyl carbamates (subject to hydrolysis) is 1. The number of carbonyl (C=O) groups is 3. The number of rotatable bonds is 9. The zero-order valence-corrected chi connectivity index (χ0v) is 22.0. The van der Waals surface area contributed by atoms with Crippen molar-refractivity contribution in [1.82, 2.24) is 15.5 Å². The summed E-state index contributed by atoms with van der Waals surface area (Å²) in [6.07, 6.45) is 0.688. The van der Waals surface area contributed by atoms with Gasteiger partial charge in [-0.3, -0.25) is 9.59 Å². The Bertz CT molecular complexity index is 1080. The lowest BCUT2D eigenvalue weighted by Crippen LogP contribution is -2.54. The Morgan fingerprint density at radius 1 is 1.11 bits per heavy atom. The van der Waals surface area contributed by atoms with Crippen molar-refractivity contribution in [1.29, 1.82) is 0 Å². The maximum atomic E-state index is 13.8. The first-order valence-corrected chi connectivity index (χ1v) is 12.7. The highest BCUT2D eigenvalue weighted by molar-refractivity contribution is 7.80. The minimum absolute atomic E-state index is 0.0133. The summed E-state index contributed by atoms with van der Waals surface area (Å²) >= 11 is 4.29. The van der Waals surface area contributed by atoms with Gasteiger partial charge in [0.2, 0.25) is 11.8 Å². The largest absolute Gasteiger partial charge is 0.507 e. The van der Waals surface area contributed by atoms with E-state index in [1.54, 1.807) is 45.9 Å². The molecule has 0 aromatic heterocycles. The third kappa shape index (κ3) is 7.16. The van der Waals surface area contributed by atoms with Gasteiger partial charge in [0, 0.05) is 23.9 Å². The molecule has 2 atom stereocenters. The summed E-state index contributed by atoms with van der Waals surface area (Å²) in [6, 6.07) is 12.3. The SMILES string of the molecule is Cc1cccc(C(C(=O)NCc2ccccc2)N(C(=O)C(CS)NC(=O)OC(C)(C)C)C2CC2)c1O. The lowest BCUT2D eigenvalue weighted by molar-refractivity contribution is -0.142. The summed E-state index contributed by atoms with van der Waals surface area (Å²) in [6.45, 7) is 7.19. The van der Waals surface area contributed by atoms with Gasteiger partial charge in [0.1, 0.15) is 23.4 Å². The third-order valence-corrected chi connectivity index (χ3v) is 6.13. The molecule has 0 heterocycles. The minimum atomic E-state index is -1.09. The molecule has 1 saturated carbocycles. The number of nitrogens with one attached hydrogen (secondary N) is 2. The van der Waals surface area contributed by atoms with Crippen LogP contribution in [0.15, 0.2) is 48.5 Å². The smallest absolute Gasteiger partial charge is 0.408 e. The first-order valence-electron chi connectivity index (χ1n) is 12.0. The molecule has 3 N–H and O–H groups in total.